The first-order chi connectivity index (χ1) is 18.9. The Bertz CT molecular complexity index is 1630. The van der Waals surface area contributed by atoms with Gasteiger partial charge in [-0.05, 0) is 74.2 Å². The molecule has 8 nitrogen and oxygen atoms in total. The Morgan fingerprint density at radius 1 is 1.10 bits per heavy atom. The first-order valence-corrected chi connectivity index (χ1v) is 15.3. The third-order valence-corrected chi connectivity index (χ3v) is 9.94. The zero-order valence-electron chi connectivity index (χ0n) is 22.1. The Balaban J connectivity index is 1.44. The molecule has 1 saturated heterocycles. The van der Waals surface area contributed by atoms with Crippen LogP contribution in [0.25, 0.3) is 11.6 Å². The smallest absolute Gasteiger partial charge is 0.256 e. The number of nitrogens with one attached hydrogen (secondary N) is 2. The van der Waals surface area contributed by atoms with E-state index in [2.05, 4.69) is 10.3 Å². The van der Waals surface area contributed by atoms with Crippen molar-refractivity contribution in [1.82, 2.24) is 9.88 Å². The van der Waals surface area contributed by atoms with Crippen LogP contribution in [0.2, 0.25) is 10.0 Å². The number of carbonyl (C=O) groups excluding carboxylic acids is 2. The zero-order chi connectivity index (χ0) is 28.8. The number of anilines is 1. The summed E-state index contributed by atoms with van der Waals surface area (Å²) in [6.45, 7) is 4.83. The minimum Gasteiger partial charge on any atom is -0.393 e. The van der Waals surface area contributed by atoms with Crippen LogP contribution in [0.1, 0.15) is 46.5 Å². The molecule has 1 aromatic heterocycles. The molecule has 2 amide bonds. The third-order valence-electron chi connectivity index (χ3n) is 7.59. The van der Waals surface area contributed by atoms with Gasteiger partial charge in [-0.1, -0.05) is 29.3 Å². The van der Waals surface area contributed by atoms with Crippen LogP contribution in [-0.2, 0) is 31.6 Å². The average molecular weight is 603 g/mol. The first kappa shape index (κ1) is 28.4. The summed E-state index contributed by atoms with van der Waals surface area (Å²) in [5, 5.41) is 13.1. The van der Waals surface area contributed by atoms with Gasteiger partial charge < -0.3 is 20.3 Å². The fourth-order valence-electron chi connectivity index (χ4n) is 5.19. The molecule has 11 heteroatoms. The van der Waals surface area contributed by atoms with E-state index in [1.807, 2.05) is 13.8 Å². The van der Waals surface area contributed by atoms with E-state index >= 15 is 0 Å². The first-order valence-electron chi connectivity index (χ1n) is 12.9. The van der Waals surface area contributed by atoms with Crippen LogP contribution in [0.3, 0.4) is 0 Å². The number of nitrogens with zero attached hydrogens (tertiary/aromatic N) is 1. The molecule has 3 heterocycles. The highest BCUT2D eigenvalue weighted by atomic mass is 35.5. The van der Waals surface area contributed by atoms with E-state index < -0.39 is 9.84 Å². The number of hydrogen-bond donors (Lipinski definition) is 3. The summed E-state index contributed by atoms with van der Waals surface area (Å²) in [5.41, 5.74) is 4.79. The number of carbonyl (C=O) groups is 2. The van der Waals surface area contributed by atoms with Gasteiger partial charge in [0.2, 0.25) is 5.91 Å². The Labute approximate surface area is 242 Å². The van der Waals surface area contributed by atoms with Crippen molar-refractivity contribution in [2.45, 2.75) is 49.9 Å². The maximum atomic E-state index is 13.3. The van der Waals surface area contributed by atoms with E-state index in [0.717, 1.165) is 16.8 Å². The lowest BCUT2D eigenvalue weighted by molar-refractivity contribution is -0.132. The molecule has 0 bridgehead atoms. The highest BCUT2D eigenvalue weighted by molar-refractivity contribution is 7.90. The topological polar surface area (TPSA) is 120 Å². The average Bonchev–Trinajstić information content (AvgIpc) is 3.36. The molecule has 2 aromatic carbocycles. The number of hydrogen-bond acceptors (Lipinski definition) is 5. The largest absolute Gasteiger partial charge is 0.393 e. The van der Waals surface area contributed by atoms with E-state index in [4.69, 9.17) is 23.2 Å². The van der Waals surface area contributed by atoms with E-state index in [0.29, 0.717) is 54.0 Å². The van der Waals surface area contributed by atoms with Gasteiger partial charge in [0.15, 0.2) is 9.84 Å². The van der Waals surface area contributed by atoms with Crippen LogP contribution in [0.15, 0.2) is 41.3 Å². The highest BCUT2D eigenvalue weighted by Gasteiger charge is 2.29. The summed E-state index contributed by atoms with van der Waals surface area (Å²) in [6, 6.07) is 9.33. The van der Waals surface area contributed by atoms with Gasteiger partial charge >= 0.3 is 0 Å². The fourth-order valence-corrected chi connectivity index (χ4v) is 7.31. The second kappa shape index (κ2) is 11.0. The summed E-state index contributed by atoms with van der Waals surface area (Å²) < 4.78 is 26.6. The van der Waals surface area contributed by atoms with Crippen LogP contribution in [-0.4, -0.2) is 54.4 Å². The van der Waals surface area contributed by atoms with E-state index in [9.17, 15) is 23.1 Å². The summed E-state index contributed by atoms with van der Waals surface area (Å²) >= 11 is 12.4. The van der Waals surface area contributed by atoms with Gasteiger partial charge in [-0.2, -0.15) is 0 Å². The molecule has 40 heavy (non-hydrogen) atoms. The predicted molar refractivity (Wildman–Crippen MR) is 156 cm³/mol. The van der Waals surface area contributed by atoms with Gasteiger partial charge in [-0.3, -0.25) is 9.59 Å². The van der Waals surface area contributed by atoms with Gasteiger partial charge in [-0.15, -0.1) is 0 Å². The molecule has 0 saturated carbocycles. The molecule has 2 aliphatic heterocycles. The lowest BCUT2D eigenvalue weighted by atomic mass is 10.0. The van der Waals surface area contributed by atoms with Crippen LogP contribution < -0.4 is 5.32 Å². The number of rotatable bonds is 6. The standard InChI is InChI=1S/C29H29Cl2N3O5S/c1-16-20(14-28(36)34-10-8-18(35)9-11-34)17(2)32-27(16)13-22-21-12-19(6-7-26(21)33-29(22)37)40(38,39)15-23-24(30)4-3-5-25(23)31/h3-7,12-13,18,32,35H,8-11,14-15H2,1-2H3,(H,33,37). The van der Waals surface area contributed by atoms with Gasteiger partial charge in [0, 0.05) is 51.3 Å². The molecule has 2 aliphatic rings. The number of H-pyrrole nitrogens is 1. The number of benzene rings is 2. The summed E-state index contributed by atoms with van der Waals surface area (Å²) in [5.74, 6) is -0.740. The zero-order valence-corrected chi connectivity index (χ0v) is 24.4. The van der Waals surface area contributed by atoms with Crippen molar-refractivity contribution in [2.75, 3.05) is 18.4 Å². The van der Waals surface area contributed by atoms with Crippen LogP contribution in [0.5, 0.6) is 0 Å². The molecule has 0 aliphatic carbocycles. The summed E-state index contributed by atoms with van der Waals surface area (Å²) in [4.78, 5) is 31.0. The molecule has 3 N–H and O–H groups in total. The minimum atomic E-state index is -3.83. The van der Waals surface area contributed by atoms with Crippen molar-refractivity contribution in [3.63, 3.8) is 0 Å². The maximum Gasteiger partial charge on any atom is 0.256 e. The van der Waals surface area contributed by atoms with Crippen molar-refractivity contribution in [3.05, 3.63) is 80.1 Å². The Hall–Kier alpha value is -3.11. The fraction of sp³-hybridized carbons (Fsp3) is 0.310. The molecule has 1 fully saturated rings. The van der Waals surface area contributed by atoms with E-state index in [1.165, 1.54) is 12.1 Å². The van der Waals surface area contributed by atoms with Gasteiger partial charge in [0.25, 0.3) is 5.91 Å². The molecular formula is C29H29Cl2N3O5S. The molecule has 3 aromatic rings. The van der Waals surface area contributed by atoms with Crippen molar-refractivity contribution in [3.8, 4) is 0 Å². The minimum absolute atomic E-state index is 0.00581. The van der Waals surface area contributed by atoms with Gasteiger partial charge in [0.1, 0.15) is 0 Å². The van der Waals surface area contributed by atoms with E-state index in [-0.39, 0.29) is 45.0 Å². The Morgan fingerprint density at radius 2 is 1.77 bits per heavy atom. The van der Waals surface area contributed by atoms with Crippen molar-refractivity contribution < 1.29 is 23.1 Å². The normalized spacial score (nSPS) is 16.9. The number of aromatic nitrogens is 1. The highest BCUT2D eigenvalue weighted by Crippen LogP contribution is 2.37. The number of sulfone groups is 1. The number of aromatic amines is 1. The quantitative estimate of drug-likeness (QED) is 0.346. The summed E-state index contributed by atoms with van der Waals surface area (Å²) in [7, 11) is -3.83. The lowest BCUT2D eigenvalue weighted by Gasteiger charge is -2.29. The number of aliphatic hydroxyl groups excluding tert-OH is 1. The van der Waals surface area contributed by atoms with Gasteiger partial charge in [0.05, 0.1) is 28.7 Å². The number of likely N-dealkylation sites (tertiary alicyclic amines) is 1. The molecule has 5 rings (SSSR count). The van der Waals surface area contributed by atoms with Crippen LogP contribution in [0, 0.1) is 13.8 Å². The van der Waals surface area contributed by atoms with Crippen molar-refractivity contribution in [1.29, 1.82) is 0 Å². The second-order valence-corrected chi connectivity index (χ2v) is 13.0. The molecule has 210 valence electrons. The molecule has 0 spiro atoms. The number of amides is 2. The van der Waals surface area contributed by atoms with E-state index in [1.54, 1.807) is 35.2 Å². The van der Waals surface area contributed by atoms with Crippen LogP contribution in [0.4, 0.5) is 5.69 Å². The second-order valence-electron chi connectivity index (χ2n) is 10.2. The number of aliphatic hydroxyl groups is 1. The lowest BCUT2D eigenvalue weighted by Crippen LogP contribution is -2.40. The monoisotopic (exact) mass is 601 g/mol. The Morgan fingerprint density at radius 3 is 2.45 bits per heavy atom. The molecule has 0 unspecified atom stereocenters. The van der Waals surface area contributed by atoms with Gasteiger partial charge in [-0.25, -0.2) is 8.42 Å². The number of piperidine rings is 1. The van der Waals surface area contributed by atoms with Crippen molar-refractivity contribution >= 4 is 62.2 Å². The SMILES string of the molecule is Cc1[nH]c(C=C2C(=O)Nc3ccc(S(=O)(=O)Cc4c(Cl)cccc4Cl)cc32)c(C)c1CC(=O)N1CCC(O)CC1. The van der Waals surface area contributed by atoms with Crippen molar-refractivity contribution in [2.24, 2.45) is 0 Å². The summed E-state index contributed by atoms with van der Waals surface area (Å²) in [6.07, 6.45) is 2.69. The molecule has 0 atom stereocenters. The predicted octanol–water partition coefficient (Wildman–Crippen LogP) is 4.93. The van der Waals surface area contributed by atoms with Crippen LogP contribution >= 0.6 is 23.2 Å². The maximum absolute atomic E-state index is 13.3. The third kappa shape index (κ3) is 5.56. The molecule has 0 radical (unpaired) electrons. The Kier molecular flexibility index (Phi) is 7.85. The number of fused-ring (bicyclic) bond motifs is 1. The molecular weight excluding hydrogens is 573 g/mol. The number of halogens is 2. The number of aryl methyl sites for hydroxylation is 1.